The number of thioether (sulfide) groups is 1. The van der Waals surface area contributed by atoms with E-state index in [-0.39, 0.29) is 16.6 Å². The topological polar surface area (TPSA) is 84.0 Å². The van der Waals surface area contributed by atoms with Crippen molar-refractivity contribution in [3.63, 3.8) is 0 Å². The maximum atomic E-state index is 13.1. The number of nitrogens with zero attached hydrogens (tertiary/aromatic N) is 2. The van der Waals surface area contributed by atoms with E-state index in [0.717, 1.165) is 16.7 Å². The Labute approximate surface area is 190 Å². The SMILES string of the molecule is CSc1ncc(Cl)c(C(=O)N[C@H](Cc2ccccc2)C(=O)Nc2ccc(C)cc2C)n1. The van der Waals surface area contributed by atoms with Crippen LogP contribution >= 0.6 is 23.4 Å². The number of hydrogen-bond donors (Lipinski definition) is 2. The highest BCUT2D eigenvalue weighted by atomic mass is 35.5. The zero-order chi connectivity index (χ0) is 22.4. The van der Waals surface area contributed by atoms with E-state index in [1.165, 1.54) is 18.0 Å². The minimum absolute atomic E-state index is 0.0402. The van der Waals surface area contributed by atoms with Gasteiger partial charge in [0.05, 0.1) is 11.2 Å². The molecule has 0 fully saturated rings. The largest absolute Gasteiger partial charge is 0.338 e. The number of aromatic nitrogens is 2. The normalized spacial score (nSPS) is 11.6. The van der Waals surface area contributed by atoms with Gasteiger partial charge in [-0.25, -0.2) is 9.97 Å². The highest BCUT2D eigenvalue weighted by Gasteiger charge is 2.24. The average molecular weight is 455 g/mol. The second-order valence-corrected chi connectivity index (χ2v) is 8.26. The predicted octanol–water partition coefficient (Wildman–Crippen LogP) is 4.45. The standard InChI is InChI=1S/C23H23ClN4O2S/c1-14-9-10-18(15(2)11-14)26-21(29)19(12-16-7-5-4-6-8-16)27-22(30)20-17(24)13-25-23(28-20)31-3/h4-11,13,19H,12H2,1-3H3,(H,26,29)(H,27,30)/t19-/m1/s1. The minimum Gasteiger partial charge on any atom is -0.338 e. The molecule has 0 unspecified atom stereocenters. The first-order valence-corrected chi connectivity index (χ1v) is 11.3. The van der Waals surface area contributed by atoms with Gasteiger partial charge < -0.3 is 10.6 Å². The van der Waals surface area contributed by atoms with Gasteiger partial charge in [0, 0.05) is 12.1 Å². The summed E-state index contributed by atoms with van der Waals surface area (Å²) in [5.41, 5.74) is 3.71. The average Bonchev–Trinajstić information content (AvgIpc) is 2.76. The first kappa shape index (κ1) is 22.8. The number of benzene rings is 2. The van der Waals surface area contributed by atoms with Crippen LogP contribution in [0.5, 0.6) is 0 Å². The molecule has 2 aromatic carbocycles. The van der Waals surface area contributed by atoms with Gasteiger partial charge in [-0.05, 0) is 37.3 Å². The zero-order valence-electron chi connectivity index (χ0n) is 17.5. The van der Waals surface area contributed by atoms with Crippen molar-refractivity contribution < 1.29 is 9.59 Å². The molecule has 1 aromatic heterocycles. The molecule has 160 valence electrons. The highest BCUT2D eigenvalue weighted by molar-refractivity contribution is 7.98. The molecule has 2 N–H and O–H groups in total. The van der Waals surface area contributed by atoms with Gasteiger partial charge in [0.15, 0.2) is 10.9 Å². The zero-order valence-corrected chi connectivity index (χ0v) is 19.1. The van der Waals surface area contributed by atoms with Crippen LogP contribution in [-0.2, 0) is 11.2 Å². The number of anilines is 1. The number of nitrogens with one attached hydrogen (secondary N) is 2. The second kappa shape index (κ2) is 10.4. The molecule has 0 spiro atoms. The predicted molar refractivity (Wildman–Crippen MR) is 125 cm³/mol. The quantitative estimate of drug-likeness (QED) is 0.407. The fraction of sp³-hybridized carbons (Fsp3) is 0.217. The van der Waals surface area contributed by atoms with Gasteiger partial charge in [0.2, 0.25) is 5.91 Å². The molecule has 3 aromatic rings. The monoisotopic (exact) mass is 454 g/mol. The van der Waals surface area contributed by atoms with E-state index in [2.05, 4.69) is 20.6 Å². The third-order valence-electron chi connectivity index (χ3n) is 4.66. The Morgan fingerprint density at radius 1 is 1.13 bits per heavy atom. The van der Waals surface area contributed by atoms with E-state index in [1.54, 1.807) is 6.26 Å². The van der Waals surface area contributed by atoms with Crippen molar-refractivity contribution in [2.75, 3.05) is 11.6 Å². The van der Waals surface area contributed by atoms with E-state index < -0.39 is 11.9 Å². The Hall–Kier alpha value is -2.90. The third kappa shape index (κ3) is 6.06. The van der Waals surface area contributed by atoms with Crippen molar-refractivity contribution in [3.05, 3.63) is 82.1 Å². The smallest absolute Gasteiger partial charge is 0.272 e. The number of amides is 2. The van der Waals surface area contributed by atoms with Crippen molar-refractivity contribution in [2.24, 2.45) is 0 Å². The molecule has 0 saturated carbocycles. The lowest BCUT2D eigenvalue weighted by atomic mass is 10.0. The summed E-state index contributed by atoms with van der Waals surface area (Å²) in [6.07, 6.45) is 3.51. The van der Waals surface area contributed by atoms with E-state index in [1.807, 2.05) is 62.4 Å². The summed E-state index contributed by atoms with van der Waals surface area (Å²) in [4.78, 5) is 34.3. The molecule has 2 amide bonds. The van der Waals surface area contributed by atoms with Gasteiger partial charge >= 0.3 is 0 Å². The van der Waals surface area contributed by atoms with Crippen LogP contribution in [0.2, 0.25) is 5.02 Å². The van der Waals surface area contributed by atoms with Crippen LogP contribution in [0.4, 0.5) is 5.69 Å². The molecule has 0 radical (unpaired) electrons. The molecule has 3 rings (SSSR count). The fourth-order valence-corrected chi connectivity index (χ4v) is 3.59. The van der Waals surface area contributed by atoms with Crippen LogP contribution in [0, 0.1) is 13.8 Å². The molecule has 0 aliphatic carbocycles. The van der Waals surface area contributed by atoms with E-state index in [4.69, 9.17) is 11.6 Å². The van der Waals surface area contributed by atoms with Crippen LogP contribution in [0.3, 0.4) is 0 Å². The molecule has 31 heavy (non-hydrogen) atoms. The molecule has 0 aliphatic rings. The van der Waals surface area contributed by atoms with Crippen LogP contribution in [-0.4, -0.2) is 34.1 Å². The summed E-state index contributed by atoms with van der Waals surface area (Å²) in [6, 6.07) is 14.5. The Kier molecular flexibility index (Phi) is 7.65. The lowest BCUT2D eigenvalue weighted by Crippen LogP contribution is -2.45. The Balaban J connectivity index is 1.85. The van der Waals surface area contributed by atoms with Gasteiger partial charge in [0.25, 0.3) is 5.91 Å². The van der Waals surface area contributed by atoms with Crippen molar-refractivity contribution in [3.8, 4) is 0 Å². The first-order chi connectivity index (χ1) is 14.9. The van der Waals surface area contributed by atoms with Crippen molar-refractivity contribution in [2.45, 2.75) is 31.5 Å². The Bertz CT molecular complexity index is 1090. The number of aryl methyl sites for hydroxylation is 2. The van der Waals surface area contributed by atoms with Gasteiger partial charge in [0.1, 0.15) is 6.04 Å². The van der Waals surface area contributed by atoms with Crippen LogP contribution in [0.1, 0.15) is 27.2 Å². The third-order valence-corrected chi connectivity index (χ3v) is 5.50. The van der Waals surface area contributed by atoms with Crippen molar-refractivity contribution >= 4 is 40.9 Å². The van der Waals surface area contributed by atoms with Crippen molar-refractivity contribution in [1.82, 2.24) is 15.3 Å². The fourth-order valence-electron chi connectivity index (χ4n) is 3.07. The highest BCUT2D eigenvalue weighted by Crippen LogP contribution is 2.19. The molecule has 6 nitrogen and oxygen atoms in total. The van der Waals surface area contributed by atoms with Crippen LogP contribution in [0.25, 0.3) is 0 Å². The Morgan fingerprint density at radius 2 is 1.87 bits per heavy atom. The van der Waals surface area contributed by atoms with Gasteiger partial charge in [-0.3, -0.25) is 9.59 Å². The lowest BCUT2D eigenvalue weighted by Gasteiger charge is -2.20. The van der Waals surface area contributed by atoms with E-state index in [0.29, 0.717) is 17.3 Å². The van der Waals surface area contributed by atoms with E-state index in [9.17, 15) is 9.59 Å². The summed E-state index contributed by atoms with van der Waals surface area (Å²) in [6.45, 7) is 3.92. The molecule has 0 aliphatic heterocycles. The molecule has 8 heteroatoms. The van der Waals surface area contributed by atoms with Gasteiger partial charge in [-0.1, -0.05) is 71.4 Å². The van der Waals surface area contributed by atoms with Gasteiger partial charge in [-0.15, -0.1) is 0 Å². The molecule has 0 bridgehead atoms. The number of halogens is 1. The van der Waals surface area contributed by atoms with Crippen LogP contribution < -0.4 is 10.6 Å². The minimum atomic E-state index is -0.820. The number of carbonyl (C=O) groups excluding carboxylic acids is 2. The summed E-state index contributed by atoms with van der Waals surface area (Å²) in [5.74, 6) is -0.848. The summed E-state index contributed by atoms with van der Waals surface area (Å²) < 4.78 is 0. The first-order valence-electron chi connectivity index (χ1n) is 9.67. The molecule has 0 saturated heterocycles. The van der Waals surface area contributed by atoms with Gasteiger partial charge in [-0.2, -0.15) is 0 Å². The second-order valence-electron chi connectivity index (χ2n) is 7.08. The molecule has 1 atom stereocenters. The summed E-state index contributed by atoms with van der Waals surface area (Å²) >= 11 is 7.44. The Morgan fingerprint density at radius 3 is 2.55 bits per heavy atom. The molecule has 1 heterocycles. The van der Waals surface area contributed by atoms with Crippen molar-refractivity contribution in [1.29, 1.82) is 0 Å². The number of rotatable bonds is 7. The summed E-state index contributed by atoms with van der Waals surface area (Å²) in [5, 5.41) is 6.27. The number of carbonyl (C=O) groups is 2. The van der Waals surface area contributed by atoms with Crippen LogP contribution in [0.15, 0.2) is 59.9 Å². The number of hydrogen-bond acceptors (Lipinski definition) is 5. The van der Waals surface area contributed by atoms with E-state index >= 15 is 0 Å². The molecular weight excluding hydrogens is 432 g/mol. The maximum Gasteiger partial charge on any atom is 0.272 e. The summed E-state index contributed by atoms with van der Waals surface area (Å²) in [7, 11) is 0. The lowest BCUT2D eigenvalue weighted by molar-refractivity contribution is -0.118. The molecular formula is C23H23ClN4O2S. The maximum absolute atomic E-state index is 13.1.